The first-order valence-corrected chi connectivity index (χ1v) is 6.14. The highest BCUT2D eigenvalue weighted by Gasteiger charge is 2.32. The van der Waals surface area contributed by atoms with Gasteiger partial charge in [0, 0.05) is 11.9 Å². The number of halogens is 1. The Labute approximate surface area is 97.0 Å². The van der Waals surface area contributed by atoms with Crippen LogP contribution in [-0.4, -0.2) is 28.4 Å². The quantitative estimate of drug-likeness (QED) is 0.804. The second kappa shape index (κ2) is 4.47. The van der Waals surface area contributed by atoms with E-state index in [4.69, 9.17) is 17.3 Å². The summed E-state index contributed by atoms with van der Waals surface area (Å²) in [5.74, 6) is 0.200. The molecule has 0 saturated carbocycles. The molecule has 1 fully saturated rings. The average molecular weight is 246 g/mol. The van der Waals surface area contributed by atoms with Crippen LogP contribution in [0.5, 0.6) is 0 Å². The van der Waals surface area contributed by atoms with E-state index in [9.17, 15) is 4.79 Å². The third kappa shape index (κ3) is 2.30. The van der Waals surface area contributed by atoms with Crippen LogP contribution in [0, 0.1) is 0 Å². The Balaban J connectivity index is 1.94. The van der Waals surface area contributed by atoms with E-state index in [1.807, 2.05) is 10.3 Å². The lowest BCUT2D eigenvalue weighted by Crippen LogP contribution is -2.54. The van der Waals surface area contributed by atoms with E-state index in [0.29, 0.717) is 12.4 Å². The Morgan fingerprint density at radius 1 is 1.80 bits per heavy atom. The predicted molar refractivity (Wildman–Crippen MR) is 59.7 cm³/mol. The van der Waals surface area contributed by atoms with Crippen molar-refractivity contribution >= 4 is 28.8 Å². The Bertz CT molecular complexity index is 368. The van der Waals surface area contributed by atoms with Crippen molar-refractivity contribution in [3.8, 4) is 0 Å². The van der Waals surface area contributed by atoms with Gasteiger partial charge in [0.1, 0.15) is 5.01 Å². The fourth-order valence-corrected chi connectivity index (χ4v) is 2.66. The van der Waals surface area contributed by atoms with E-state index in [0.717, 1.165) is 23.7 Å². The Hall–Kier alpha value is -0.650. The van der Waals surface area contributed by atoms with Crippen LogP contribution >= 0.6 is 22.9 Å². The topological polar surface area (TPSA) is 59.2 Å². The molecule has 0 aliphatic carbocycles. The molecule has 0 aromatic carbocycles. The molecular formula is C9H12ClN3OS. The molecule has 1 aromatic rings. The molecule has 1 saturated heterocycles. The molecule has 2 heterocycles. The molecule has 1 unspecified atom stereocenters. The van der Waals surface area contributed by atoms with Gasteiger partial charge in [0.05, 0.1) is 24.2 Å². The lowest BCUT2D eigenvalue weighted by Gasteiger charge is -2.37. The molecule has 4 nitrogen and oxygen atoms in total. The number of nitrogens with zero attached hydrogens (tertiary/aromatic N) is 2. The molecule has 1 aliphatic heterocycles. The van der Waals surface area contributed by atoms with Crippen LogP contribution in [0.4, 0.5) is 0 Å². The van der Waals surface area contributed by atoms with Crippen LogP contribution in [0.25, 0.3) is 0 Å². The van der Waals surface area contributed by atoms with Crippen molar-refractivity contribution in [3.05, 3.63) is 16.1 Å². The van der Waals surface area contributed by atoms with Crippen LogP contribution < -0.4 is 5.73 Å². The van der Waals surface area contributed by atoms with Crippen molar-refractivity contribution < 1.29 is 4.79 Å². The number of carbonyl (C=O) groups excluding carboxylic acids is 1. The SMILES string of the molecule is NC(=O)C1CCN1Cc1nc(CCl)cs1. The van der Waals surface area contributed by atoms with Crippen LogP contribution in [0.3, 0.4) is 0 Å². The Kier molecular flexibility index (Phi) is 3.23. The van der Waals surface area contributed by atoms with Gasteiger partial charge in [-0.25, -0.2) is 4.98 Å². The van der Waals surface area contributed by atoms with Crippen LogP contribution in [-0.2, 0) is 17.2 Å². The summed E-state index contributed by atoms with van der Waals surface area (Å²) in [4.78, 5) is 17.4. The number of rotatable bonds is 4. The van der Waals surface area contributed by atoms with Gasteiger partial charge in [0.25, 0.3) is 0 Å². The van der Waals surface area contributed by atoms with E-state index in [1.165, 1.54) is 0 Å². The van der Waals surface area contributed by atoms with Gasteiger partial charge in [0.2, 0.25) is 5.91 Å². The number of likely N-dealkylation sites (tertiary alicyclic amines) is 1. The number of primary amides is 1. The lowest BCUT2D eigenvalue weighted by molar-refractivity contribution is -0.127. The first-order chi connectivity index (χ1) is 7.20. The van der Waals surface area contributed by atoms with Crippen molar-refractivity contribution in [1.82, 2.24) is 9.88 Å². The van der Waals surface area contributed by atoms with Crippen molar-refractivity contribution in [2.24, 2.45) is 5.73 Å². The minimum Gasteiger partial charge on any atom is -0.368 e. The Morgan fingerprint density at radius 2 is 2.60 bits per heavy atom. The van der Waals surface area contributed by atoms with Gasteiger partial charge in [-0.3, -0.25) is 9.69 Å². The zero-order chi connectivity index (χ0) is 10.8. The van der Waals surface area contributed by atoms with Crippen molar-refractivity contribution in [2.45, 2.75) is 24.9 Å². The molecule has 0 bridgehead atoms. The van der Waals surface area contributed by atoms with Gasteiger partial charge < -0.3 is 5.73 Å². The van der Waals surface area contributed by atoms with Crippen molar-refractivity contribution in [3.63, 3.8) is 0 Å². The maximum absolute atomic E-state index is 11.0. The second-order valence-electron chi connectivity index (χ2n) is 3.54. The maximum Gasteiger partial charge on any atom is 0.234 e. The highest BCUT2D eigenvalue weighted by atomic mass is 35.5. The monoisotopic (exact) mass is 245 g/mol. The van der Waals surface area contributed by atoms with Crippen molar-refractivity contribution in [2.75, 3.05) is 6.54 Å². The highest BCUT2D eigenvalue weighted by Crippen LogP contribution is 2.22. The average Bonchev–Trinajstić information content (AvgIpc) is 2.59. The van der Waals surface area contributed by atoms with E-state index < -0.39 is 0 Å². The van der Waals surface area contributed by atoms with Crippen LogP contribution in [0.1, 0.15) is 17.1 Å². The lowest BCUT2D eigenvalue weighted by atomic mass is 10.0. The van der Waals surface area contributed by atoms with Gasteiger partial charge in [-0.05, 0) is 6.42 Å². The van der Waals surface area contributed by atoms with Gasteiger partial charge in [0.15, 0.2) is 0 Å². The fraction of sp³-hybridized carbons (Fsp3) is 0.556. The summed E-state index contributed by atoms with van der Waals surface area (Å²) < 4.78 is 0. The van der Waals surface area contributed by atoms with E-state index in [1.54, 1.807) is 11.3 Å². The van der Waals surface area contributed by atoms with Crippen LogP contribution in [0.2, 0.25) is 0 Å². The molecule has 82 valence electrons. The summed E-state index contributed by atoms with van der Waals surface area (Å²) in [5, 5.41) is 2.94. The van der Waals surface area contributed by atoms with E-state index >= 15 is 0 Å². The number of carbonyl (C=O) groups is 1. The smallest absolute Gasteiger partial charge is 0.234 e. The zero-order valence-electron chi connectivity index (χ0n) is 8.15. The summed E-state index contributed by atoms with van der Waals surface area (Å²) in [7, 11) is 0. The summed E-state index contributed by atoms with van der Waals surface area (Å²) in [6, 6.07) is -0.103. The molecule has 0 spiro atoms. The number of hydrogen-bond donors (Lipinski definition) is 1. The molecule has 2 N–H and O–H groups in total. The number of alkyl halides is 1. The molecule has 15 heavy (non-hydrogen) atoms. The minimum atomic E-state index is -0.240. The number of thiazole rings is 1. The maximum atomic E-state index is 11.0. The number of nitrogens with two attached hydrogens (primary N) is 1. The molecule has 0 radical (unpaired) electrons. The molecule has 1 amide bonds. The van der Waals surface area contributed by atoms with Gasteiger partial charge in [-0.2, -0.15) is 0 Å². The van der Waals surface area contributed by atoms with E-state index in [2.05, 4.69) is 4.98 Å². The third-order valence-electron chi connectivity index (χ3n) is 2.53. The summed E-state index contributed by atoms with van der Waals surface area (Å²) in [6.07, 6.45) is 0.864. The summed E-state index contributed by atoms with van der Waals surface area (Å²) in [5.41, 5.74) is 6.15. The standard InChI is InChI=1S/C9H12ClN3OS/c10-3-6-5-15-8(12-6)4-13-2-1-7(13)9(11)14/h5,7H,1-4H2,(H2,11,14). The first-order valence-electron chi connectivity index (χ1n) is 4.73. The number of amides is 1. The summed E-state index contributed by atoms with van der Waals surface area (Å²) in [6.45, 7) is 1.62. The second-order valence-corrected chi connectivity index (χ2v) is 4.75. The largest absolute Gasteiger partial charge is 0.368 e. The normalized spacial score (nSPS) is 21.3. The molecule has 2 rings (SSSR count). The Morgan fingerprint density at radius 3 is 3.07 bits per heavy atom. The predicted octanol–water partition coefficient (Wildman–Crippen LogP) is 0.941. The molecule has 1 aromatic heterocycles. The van der Waals surface area contributed by atoms with Gasteiger partial charge in [-0.1, -0.05) is 0 Å². The zero-order valence-corrected chi connectivity index (χ0v) is 9.72. The molecular weight excluding hydrogens is 234 g/mol. The minimum absolute atomic E-state index is 0.103. The van der Waals surface area contributed by atoms with Crippen molar-refractivity contribution in [1.29, 1.82) is 0 Å². The molecule has 6 heteroatoms. The van der Waals surface area contributed by atoms with E-state index in [-0.39, 0.29) is 11.9 Å². The molecule has 1 aliphatic rings. The third-order valence-corrected chi connectivity index (χ3v) is 3.69. The highest BCUT2D eigenvalue weighted by molar-refractivity contribution is 7.09. The molecule has 1 atom stereocenters. The number of hydrogen-bond acceptors (Lipinski definition) is 4. The number of aromatic nitrogens is 1. The fourth-order valence-electron chi connectivity index (χ4n) is 1.61. The van der Waals surface area contributed by atoms with Gasteiger partial charge in [-0.15, -0.1) is 22.9 Å². The summed E-state index contributed by atoms with van der Waals surface area (Å²) >= 11 is 7.24. The first kappa shape index (κ1) is 10.9. The van der Waals surface area contributed by atoms with Crippen LogP contribution in [0.15, 0.2) is 5.38 Å². The van der Waals surface area contributed by atoms with Gasteiger partial charge >= 0.3 is 0 Å².